The normalized spacial score (nSPS) is 19.3. The molecule has 2 aliphatic heterocycles. The Hall–Kier alpha value is -3.81. The fourth-order valence-electron chi connectivity index (χ4n) is 5.87. The first kappa shape index (κ1) is 24.5. The Bertz CT molecular complexity index is 1460. The molecule has 0 saturated carbocycles. The third kappa shape index (κ3) is 4.31. The minimum Gasteiger partial charge on any atom is -0.497 e. The molecule has 4 heterocycles. The average Bonchev–Trinajstić information content (AvgIpc) is 3.40. The molecule has 0 aliphatic carbocycles. The SMILES string of the molecule is COc1ccc(N2[C@@H]3CC[C@H]2CN(c2nc(Nc4cc(C(C)(C)C)ccc4C)c4c(ncn4C)n2)C3)cc1. The van der Waals surface area contributed by atoms with Crippen molar-refractivity contribution in [1.82, 2.24) is 19.5 Å². The van der Waals surface area contributed by atoms with Gasteiger partial charge in [0.1, 0.15) is 11.3 Å². The highest BCUT2D eigenvalue weighted by Crippen LogP contribution is 2.37. The van der Waals surface area contributed by atoms with E-state index in [0.29, 0.717) is 12.1 Å². The van der Waals surface area contributed by atoms with Crippen LogP contribution in [0.2, 0.25) is 0 Å². The Balaban J connectivity index is 1.32. The molecule has 0 amide bonds. The van der Waals surface area contributed by atoms with Crippen LogP contribution in [0.3, 0.4) is 0 Å². The first-order chi connectivity index (χ1) is 18.2. The maximum Gasteiger partial charge on any atom is 0.229 e. The van der Waals surface area contributed by atoms with E-state index >= 15 is 0 Å². The summed E-state index contributed by atoms with van der Waals surface area (Å²) in [6.45, 7) is 10.6. The number of fused-ring (bicyclic) bond motifs is 3. The highest BCUT2D eigenvalue weighted by molar-refractivity contribution is 5.87. The van der Waals surface area contributed by atoms with E-state index < -0.39 is 0 Å². The number of piperazine rings is 1. The molecular weight excluding hydrogens is 474 g/mol. The zero-order chi connectivity index (χ0) is 26.6. The average molecular weight is 512 g/mol. The second kappa shape index (κ2) is 9.19. The molecule has 0 unspecified atom stereocenters. The molecule has 2 atom stereocenters. The summed E-state index contributed by atoms with van der Waals surface area (Å²) in [7, 11) is 3.71. The Morgan fingerprint density at radius 1 is 0.974 bits per heavy atom. The number of aromatic nitrogens is 4. The number of nitrogens with one attached hydrogen (secondary N) is 1. The molecule has 8 heteroatoms. The predicted molar refractivity (Wildman–Crippen MR) is 154 cm³/mol. The largest absolute Gasteiger partial charge is 0.497 e. The van der Waals surface area contributed by atoms with Gasteiger partial charge in [-0.15, -0.1) is 0 Å². The Morgan fingerprint density at radius 2 is 1.68 bits per heavy atom. The van der Waals surface area contributed by atoms with Gasteiger partial charge in [0.15, 0.2) is 11.5 Å². The van der Waals surface area contributed by atoms with E-state index in [2.05, 4.69) is 78.1 Å². The van der Waals surface area contributed by atoms with Crippen LogP contribution in [0.1, 0.15) is 44.7 Å². The molecule has 4 aromatic rings. The van der Waals surface area contributed by atoms with Crippen molar-refractivity contribution in [2.75, 3.05) is 35.3 Å². The monoisotopic (exact) mass is 511 g/mol. The number of rotatable bonds is 5. The van der Waals surface area contributed by atoms with Crippen LogP contribution in [-0.2, 0) is 12.5 Å². The number of imidazole rings is 1. The molecule has 198 valence electrons. The maximum absolute atomic E-state index is 5.36. The molecule has 38 heavy (non-hydrogen) atoms. The smallest absolute Gasteiger partial charge is 0.229 e. The fourth-order valence-corrected chi connectivity index (χ4v) is 5.87. The quantitative estimate of drug-likeness (QED) is 0.375. The van der Waals surface area contributed by atoms with E-state index in [1.807, 2.05) is 30.1 Å². The molecule has 0 spiro atoms. The second-order valence-electron chi connectivity index (χ2n) is 11.7. The second-order valence-corrected chi connectivity index (χ2v) is 11.7. The molecule has 2 bridgehead atoms. The van der Waals surface area contributed by atoms with Gasteiger partial charge >= 0.3 is 0 Å². The number of hydrogen-bond acceptors (Lipinski definition) is 7. The third-order valence-corrected chi connectivity index (χ3v) is 8.05. The third-order valence-electron chi connectivity index (χ3n) is 8.05. The lowest BCUT2D eigenvalue weighted by Crippen LogP contribution is -2.54. The number of nitrogens with zero attached hydrogens (tertiary/aromatic N) is 6. The number of hydrogen-bond donors (Lipinski definition) is 1. The van der Waals surface area contributed by atoms with Gasteiger partial charge in [0, 0.05) is 43.6 Å². The summed E-state index contributed by atoms with van der Waals surface area (Å²) in [6, 6.07) is 15.9. The minimum atomic E-state index is 0.0612. The zero-order valence-corrected chi connectivity index (χ0v) is 23.2. The maximum atomic E-state index is 5.36. The number of methoxy groups -OCH3 is 1. The van der Waals surface area contributed by atoms with Crippen molar-refractivity contribution in [3.05, 3.63) is 59.9 Å². The molecule has 2 fully saturated rings. The molecule has 2 aromatic heterocycles. The molecular formula is C30H37N7O. The van der Waals surface area contributed by atoms with Gasteiger partial charge in [-0.25, -0.2) is 4.98 Å². The van der Waals surface area contributed by atoms with Crippen molar-refractivity contribution in [2.24, 2.45) is 7.05 Å². The van der Waals surface area contributed by atoms with Crippen LogP contribution >= 0.6 is 0 Å². The molecule has 2 aromatic carbocycles. The Labute approximate surface area is 224 Å². The topological polar surface area (TPSA) is 71.3 Å². The Kier molecular flexibility index (Phi) is 5.93. The van der Waals surface area contributed by atoms with Gasteiger partial charge in [0.2, 0.25) is 5.95 Å². The van der Waals surface area contributed by atoms with Crippen molar-refractivity contribution in [1.29, 1.82) is 0 Å². The zero-order valence-electron chi connectivity index (χ0n) is 23.2. The van der Waals surface area contributed by atoms with Crippen LogP contribution in [0.5, 0.6) is 5.75 Å². The summed E-state index contributed by atoms with van der Waals surface area (Å²) in [5, 5.41) is 3.66. The summed E-state index contributed by atoms with van der Waals surface area (Å²) in [5.41, 5.74) is 6.48. The molecule has 2 aliphatic rings. The molecule has 6 rings (SSSR count). The van der Waals surface area contributed by atoms with Crippen LogP contribution in [-0.4, -0.2) is 51.8 Å². The summed E-state index contributed by atoms with van der Waals surface area (Å²) < 4.78 is 7.36. The van der Waals surface area contributed by atoms with Crippen LogP contribution < -0.4 is 19.9 Å². The van der Waals surface area contributed by atoms with Gasteiger partial charge in [0.25, 0.3) is 0 Å². The number of ether oxygens (including phenoxy) is 1. The fraction of sp³-hybridized carbons (Fsp3) is 0.433. The van der Waals surface area contributed by atoms with E-state index in [-0.39, 0.29) is 5.41 Å². The van der Waals surface area contributed by atoms with Crippen molar-refractivity contribution in [3.8, 4) is 5.75 Å². The first-order valence-corrected chi connectivity index (χ1v) is 13.5. The summed E-state index contributed by atoms with van der Waals surface area (Å²) in [6.07, 6.45) is 4.16. The number of aryl methyl sites for hydroxylation is 2. The first-order valence-electron chi connectivity index (χ1n) is 13.5. The summed E-state index contributed by atoms with van der Waals surface area (Å²) in [5.74, 6) is 2.43. The molecule has 2 saturated heterocycles. The summed E-state index contributed by atoms with van der Waals surface area (Å²) >= 11 is 0. The number of anilines is 4. The Morgan fingerprint density at radius 3 is 2.34 bits per heavy atom. The highest BCUT2D eigenvalue weighted by Gasteiger charge is 2.41. The van der Waals surface area contributed by atoms with Crippen molar-refractivity contribution in [3.63, 3.8) is 0 Å². The van der Waals surface area contributed by atoms with E-state index in [4.69, 9.17) is 14.7 Å². The van der Waals surface area contributed by atoms with Crippen LogP contribution in [0.15, 0.2) is 48.8 Å². The lowest BCUT2D eigenvalue weighted by atomic mass is 9.86. The van der Waals surface area contributed by atoms with Crippen LogP contribution in [0, 0.1) is 6.92 Å². The predicted octanol–water partition coefficient (Wildman–Crippen LogP) is 5.58. The van der Waals surface area contributed by atoms with Gasteiger partial charge in [-0.1, -0.05) is 32.9 Å². The van der Waals surface area contributed by atoms with Gasteiger partial charge in [-0.05, 0) is 66.6 Å². The minimum absolute atomic E-state index is 0.0612. The van der Waals surface area contributed by atoms with Gasteiger partial charge in [0.05, 0.1) is 13.4 Å². The van der Waals surface area contributed by atoms with Crippen molar-refractivity contribution >= 4 is 34.3 Å². The highest BCUT2D eigenvalue weighted by atomic mass is 16.5. The van der Waals surface area contributed by atoms with Crippen LogP contribution in [0.25, 0.3) is 11.2 Å². The van der Waals surface area contributed by atoms with Crippen molar-refractivity contribution < 1.29 is 4.74 Å². The summed E-state index contributed by atoms with van der Waals surface area (Å²) in [4.78, 5) is 19.6. The van der Waals surface area contributed by atoms with Gasteiger partial charge in [-0.2, -0.15) is 9.97 Å². The molecule has 8 nitrogen and oxygen atoms in total. The lowest BCUT2D eigenvalue weighted by molar-refractivity contribution is 0.414. The van der Waals surface area contributed by atoms with Gasteiger partial charge in [-0.3, -0.25) is 0 Å². The lowest BCUT2D eigenvalue weighted by Gasteiger charge is -2.42. The molecule has 0 radical (unpaired) electrons. The standard InChI is InChI=1S/C30H37N7O/c1-19-7-8-20(30(2,3)4)15-25(19)32-28-26-27(31-18-35(26)5)33-29(34-28)36-16-22-9-10-23(17-36)37(22)21-11-13-24(38-6)14-12-21/h7-8,11-15,18,22-23H,9-10,16-17H2,1-6H3,(H,32,33,34)/t22-,23+. The van der Waals surface area contributed by atoms with E-state index in [9.17, 15) is 0 Å². The van der Waals surface area contributed by atoms with Gasteiger partial charge < -0.3 is 24.4 Å². The molecule has 1 N–H and O–H groups in total. The van der Waals surface area contributed by atoms with E-state index in [0.717, 1.165) is 47.5 Å². The van der Waals surface area contributed by atoms with E-state index in [1.54, 1.807) is 7.11 Å². The van der Waals surface area contributed by atoms with Crippen LogP contribution in [0.4, 0.5) is 23.1 Å². The van der Waals surface area contributed by atoms with E-state index in [1.165, 1.54) is 29.7 Å². The van der Waals surface area contributed by atoms with Crippen molar-refractivity contribution in [2.45, 2.75) is 58.0 Å². The number of benzene rings is 2.